The summed E-state index contributed by atoms with van der Waals surface area (Å²) in [4.78, 5) is 4.59. The molecule has 0 N–H and O–H groups in total. The van der Waals surface area contributed by atoms with Crippen LogP contribution in [0.5, 0.6) is 0 Å². The third-order valence-corrected chi connectivity index (χ3v) is 4.83. The predicted octanol–water partition coefficient (Wildman–Crippen LogP) is 2.73. The van der Waals surface area contributed by atoms with Crippen molar-refractivity contribution in [1.29, 1.82) is 0 Å². The van der Waals surface area contributed by atoms with E-state index in [2.05, 4.69) is 25.6 Å². The van der Waals surface area contributed by atoms with E-state index in [1.165, 1.54) is 6.07 Å². The lowest BCUT2D eigenvalue weighted by molar-refractivity contribution is 0.538. The molecule has 1 aliphatic rings. The van der Waals surface area contributed by atoms with E-state index in [0.717, 1.165) is 37.5 Å². The Morgan fingerprint density at radius 3 is 3.00 bits per heavy atom. The highest BCUT2D eigenvalue weighted by Crippen LogP contribution is 2.30. The Balaban J connectivity index is 1.75. The van der Waals surface area contributed by atoms with E-state index < -0.39 is 0 Å². The summed E-state index contributed by atoms with van der Waals surface area (Å²) in [5, 5.41) is 16.9. The van der Waals surface area contributed by atoms with Crippen molar-refractivity contribution >= 4 is 11.6 Å². The summed E-state index contributed by atoms with van der Waals surface area (Å²) in [6, 6.07) is 4.67. The van der Waals surface area contributed by atoms with Gasteiger partial charge in [0.1, 0.15) is 17.5 Å². The van der Waals surface area contributed by atoms with Gasteiger partial charge in [-0.15, -0.1) is 5.10 Å². The fourth-order valence-electron chi connectivity index (χ4n) is 3.28. The van der Waals surface area contributed by atoms with Crippen molar-refractivity contribution in [3.63, 3.8) is 0 Å². The zero-order chi connectivity index (χ0) is 17.4. The molecule has 2 aromatic heterocycles. The van der Waals surface area contributed by atoms with Crippen LogP contribution in [0, 0.1) is 12.7 Å². The van der Waals surface area contributed by atoms with Crippen LogP contribution in [0.25, 0.3) is 0 Å². The SMILES string of the molecule is Cc1nc([C@@H]2CCCCn3nnnc32)n(Cc2c(F)cccc2Cl)n1. The average Bonchev–Trinajstić information content (AvgIpc) is 3.13. The summed E-state index contributed by atoms with van der Waals surface area (Å²) in [5.74, 6) is 1.74. The standard InChI is InChI=1S/C16H17ClFN7/c1-10-19-15(11-5-2-3-8-24-16(11)20-22-23-24)25(21-10)9-12-13(17)6-4-7-14(12)18/h4,6-7,11H,2-3,5,8-9H2,1H3/t11-/m0/s1. The van der Waals surface area contributed by atoms with Crippen LogP contribution in [-0.2, 0) is 13.1 Å². The van der Waals surface area contributed by atoms with Gasteiger partial charge in [-0.3, -0.25) is 0 Å². The van der Waals surface area contributed by atoms with Gasteiger partial charge in [0, 0.05) is 17.1 Å². The molecule has 130 valence electrons. The second-order valence-corrected chi connectivity index (χ2v) is 6.59. The van der Waals surface area contributed by atoms with Crippen molar-refractivity contribution in [2.45, 2.75) is 45.2 Å². The van der Waals surface area contributed by atoms with Crippen LogP contribution < -0.4 is 0 Å². The first kappa shape index (κ1) is 16.1. The molecule has 1 atom stereocenters. The van der Waals surface area contributed by atoms with Gasteiger partial charge < -0.3 is 0 Å². The summed E-state index contributed by atoms with van der Waals surface area (Å²) in [5.41, 5.74) is 0.406. The molecule has 0 spiro atoms. The van der Waals surface area contributed by atoms with Gasteiger partial charge in [0.25, 0.3) is 0 Å². The molecule has 0 bridgehead atoms. The minimum Gasteiger partial charge on any atom is -0.244 e. The Labute approximate surface area is 148 Å². The average molecular weight is 362 g/mol. The molecule has 0 saturated heterocycles. The summed E-state index contributed by atoms with van der Waals surface area (Å²) in [6.45, 7) is 2.84. The number of rotatable bonds is 3. The molecule has 1 aliphatic heterocycles. The van der Waals surface area contributed by atoms with E-state index in [0.29, 0.717) is 16.4 Å². The van der Waals surface area contributed by atoms with Crippen molar-refractivity contribution in [1.82, 2.24) is 35.0 Å². The van der Waals surface area contributed by atoms with Crippen LogP contribution in [-0.4, -0.2) is 35.0 Å². The van der Waals surface area contributed by atoms with E-state index in [1.807, 2.05) is 11.6 Å². The van der Waals surface area contributed by atoms with Crippen LogP contribution in [0.1, 0.15) is 48.2 Å². The number of hydrogen-bond acceptors (Lipinski definition) is 5. The van der Waals surface area contributed by atoms with Gasteiger partial charge in [-0.2, -0.15) is 5.10 Å². The topological polar surface area (TPSA) is 74.3 Å². The number of halogens is 2. The van der Waals surface area contributed by atoms with Crippen LogP contribution in [0.15, 0.2) is 18.2 Å². The monoisotopic (exact) mass is 361 g/mol. The van der Waals surface area contributed by atoms with Crippen LogP contribution in [0.3, 0.4) is 0 Å². The zero-order valence-electron chi connectivity index (χ0n) is 13.7. The van der Waals surface area contributed by atoms with Gasteiger partial charge in [-0.1, -0.05) is 24.1 Å². The van der Waals surface area contributed by atoms with Crippen LogP contribution in [0.4, 0.5) is 4.39 Å². The van der Waals surface area contributed by atoms with Crippen molar-refractivity contribution in [2.75, 3.05) is 0 Å². The first-order valence-corrected chi connectivity index (χ1v) is 8.61. The molecule has 25 heavy (non-hydrogen) atoms. The molecule has 0 fully saturated rings. The largest absolute Gasteiger partial charge is 0.244 e. The molecule has 3 heterocycles. The molecular formula is C16H17ClFN7. The first-order valence-electron chi connectivity index (χ1n) is 8.24. The van der Waals surface area contributed by atoms with Gasteiger partial charge in [0.2, 0.25) is 0 Å². The zero-order valence-corrected chi connectivity index (χ0v) is 14.5. The number of tetrazole rings is 1. The molecule has 0 amide bonds. The Kier molecular flexibility index (Phi) is 4.20. The van der Waals surface area contributed by atoms with E-state index >= 15 is 0 Å². The molecule has 0 radical (unpaired) electrons. The summed E-state index contributed by atoms with van der Waals surface area (Å²) < 4.78 is 17.7. The quantitative estimate of drug-likeness (QED) is 0.717. The number of aromatic nitrogens is 7. The Morgan fingerprint density at radius 2 is 2.16 bits per heavy atom. The third-order valence-electron chi connectivity index (χ3n) is 4.47. The van der Waals surface area contributed by atoms with Gasteiger partial charge in [0.05, 0.1) is 12.5 Å². The van der Waals surface area contributed by atoms with Crippen molar-refractivity contribution in [2.24, 2.45) is 0 Å². The summed E-state index contributed by atoms with van der Waals surface area (Å²) >= 11 is 6.18. The van der Waals surface area contributed by atoms with E-state index in [-0.39, 0.29) is 18.3 Å². The number of hydrogen-bond donors (Lipinski definition) is 0. The molecule has 0 saturated carbocycles. The molecule has 1 aromatic carbocycles. The smallest absolute Gasteiger partial charge is 0.161 e. The van der Waals surface area contributed by atoms with E-state index in [1.54, 1.807) is 16.8 Å². The summed E-state index contributed by atoms with van der Waals surface area (Å²) in [6.07, 6.45) is 2.92. The molecule has 0 unspecified atom stereocenters. The van der Waals surface area contributed by atoms with Crippen molar-refractivity contribution in [3.8, 4) is 0 Å². The maximum Gasteiger partial charge on any atom is 0.161 e. The van der Waals surface area contributed by atoms with E-state index in [9.17, 15) is 4.39 Å². The van der Waals surface area contributed by atoms with Gasteiger partial charge in [0.15, 0.2) is 5.82 Å². The minimum absolute atomic E-state index is 0.0655. The Hall–Kier alpha value is -2.35. The molecule has 3 aromatic rings. The van der Waals surface area contributed by atoms with Crippen molar-refractivity contribution < 1.29 is 4.39 Å². The lowest BCUT2D eigenvalue weighted by Crippen LogP contribution is -2.16. The fourth-order valence-corrected chi connectivity index (χ4v) is 3.51. The molecule has 7 nitrogen and oxygen atoms in total. The summed E-state index contributed by atoms with van der Waals surface area (Å²) in [7, 11) is 0. The van der Waals surface area contributed by atoms with Gasteiger partial charge in [-0.05, 0) is 42.3 Å². The molecule has 4 rings (SSSR count). The maximum atomic E-state index is 14.2. The number of aryl methyl sites for hydroxylation is 2. The Bertz CT molecular complexity index is 884. The van der Waals surface area contributed by atoms with Crippen LogP contribution >= 0.6 is 11.6 Å². The highest BCUT2D eigenvalue weighted by atomic mass is 35.5. The van der Waals surface area contributed by atoms with Crippen LogP contribution in [0.2, 0.25) is 5.02 Å². The highest BCUT2D eigenvalue weighted by molar-refractivity contribution is 6.31. The molecule has 9 heteroatoms. The normalized spacial score (nSPS) is 17.3. The van der Waals surface area contributed by atoms with Gasteiger partial charge >= 0.3 is 0 Å². The Morgan fingerprint density at radius 1 is 1.28 bits per heavy atom. The number of nitrogens with zero attached hydrogens (tertiary/aromatic N) is 7. The minimum atomic E-state index is -0.350. The molecular weight excluding hydrogens is 345 g/mol. The molecule has 0 aliphatic carbocycles. The van der Waals surface area contributed by atoms with E-state index in [4.69, 9.17) is 11.6 Å². The number of fused-ring (bicyclic) bond motifs is 1. The third kappa shape index (κ3) is 3.02. The predicted molar refractivity (Wildman–Crippen MR) is 88.8 cm³/mol. The maximum absolute atomic E-state index is 14.2. The second kappa shape index (κ2) is 6.51. The second-order valence-electron chi connectivity index (χ2n) is 6.18. The lowest BCUT2D eigenvalue weighted by atomic mass is 10.0. The van der Waals surface area contributed by atoms with Gasteiger partial charge in [-0.25, -0.2) is 18.7 Å². The number of benzene rings is 1. The highest BCUT2D eigenvalue weighted by Gasteiger charge is 2.28. The fraction of sp³-hybridized carbons (Fsp3) is 0.438. The lowest BCUT2D eigenvalue weighted by Gasteiger charge is -2.14. The van der Waals surface area contributed by atoms with Crippen molar-refractivity contribution in [3.05, 3.63) is 52.1 Å². The first-order chi connectivity index (χ1) is 12.1.